The Kier molecular flexibility index (Phi) is 3.04. The van der Waals surface area contributed by atoms with Gasteiger partial charge in [0.05, 0.1) is 0 Å². The van der Waals surface area contributed by atoms with E-state index in [9.17, 15) is 5.11 Å². The number of phenols is 1. The van der Waals surface area contributed by atoms with Crippen molar-refractivity contribution in [3.63, 3.8) is 0 Å². The van der Waals surface area contributed by atoms with Gasteiger partial charge in [0.15, 0.2) is 0 Å². The SMILES string of the molecule is Oc1cc2c(c3c1ccc1sccc13)-c1ccccc1C1CCCCC21. The van der Waals surface area contributed by atoms with Crippen molar-refractivity contribution >= 4 is 32.2 Å². The van der Waals surface area contributed by atoms with Crippen molar-refractivity contribution in [2.45, 2.75) is 37.5 Å². The van der Waals surface area contributed by atoms with Crippen molar-refractivity contribution in [2.24, 2.45) is 0 Å². The highest BCUT2D eigenvalue weighted by Crippen LogP contribution is 2.56. The summed E-state index contributed by atoms with van der Waals surface area (Å²) in [6, 6.07) is 17.5. The van der Waals surface area contributed by atoms with Gasteiger partial charge in [-0.25, -0.2) is 0 Å². The number of benzene rings is 3. The quantitative estimate of drug-likeness (QED) is 0.354. The number of fused-ring (bicyclic) bond motifs is 10. The topological polar surface area (TPSA) is 20.2 Å². The van der Waals surface area contributed by atoms with Crippen LogP contribution in [0, 0.1) is 0 Å². The molecular weight excluding hydrogens is 336 g/mol. The van der Waals surface area contributed by atoms with Crippen molar-refractivity contribution in [1.82, 2.24) is 0 Å². The van der Waals surface area contributed by atoms with Crippen LogP contribution in [-0.2, 0) is 0 Å². The van der Waals surface area contributed by atoms with Crippen LogP contribution in [0.3, 0.4) is 0 Å². The van der Waals surface area contributed by atoms with Crippen LogP contribution >= 0.6 is 11.3 Å². The lowest BCUT2D eigenvalue weighted by molar-refractivity contribution is 0.382. The first-order chi connectivity index (χ1) is 12.8. The minimum absolute atomic E-state index is 0.440. The van der Waals surface area contributed by atoms with E-state index >= 15 is 0 Å². The number of aromatic hydroxyl groups is 1. The fraction of sp³-hybridized carbons (Fsp3) is 0.250. The monoisotopic (exact) mass is 356 g/mol. The molecule has 1 heterocycles. The zero-order valence-electron chi connectivity index (χ0n) is 14.5. The highest BCUT2D eigenvalue weighted by Gasteiger charge is 2.36. The highest BCUT2D eigenvalue weighted by atomic mass is 32.1. The lowest BCUT2D eigenvalue weighted by Gasteiger charge is -2.39. The van der Waals surface area contributed by atoms with E-state index in [0.717, 1.165) is 5.39 Å². The fourth-order valence-electron chi connectivity index (χ4n) is 5.47. The van der Waals surface area contributed by atoms with E-state index < -0.39 is 0 Å². The van der Waals surface area contributed by atoms with Gasteiger partial charge in [-0.3, -0.25) is 0 Å². The normalized spacial score (nSPS) is 21.4. The summed E-state index contributed by atoms with van der Waals surface area (Å²) in [7, 11) is 0. The van der Waals surface area contributed by atoms with Gasteiger partial charge in [0.25, 0.3) is 0 Å². The van der Waals surface area contributed by atoms with E-state index in [4.69, 9.17) is 0 Å². The Bertz CT molecular complexity index is 1170. The van der Waals surface area contributed by atoms with Gasteiger partial charge in [-0.15, -0.1) is 11.3 Å². The molecule has 3 aromatic carbocycles. The van der Waals surface area contributed by atoms with Crippen molar-refractivity contribution in [3.8, 4) is 16.9 Å². The third-order valence-electron chi connectivity index (χ3n) is 6.54. The lowest BCUT2D eigenvalue weighted by Crippen LogP contribution is -2.21. The van der Waals surface area contributed by atoms with Gasteiger partial charge in [0.2, 0.25) is 0 Å². The third-order valence-corrected chi connectivity index (χ3v) is 7.42. The summed E-state index contributed by atoms with van der Waals surface area (Å²) in [6.07, 6.45) is 5.11. The first-order valence-corrected chi connectivity index (χ1v) is 10.5. The molecule has 1 N–H and O–H groups in total. The lowest BCUT2D eigenvalue weighted by atomic mass is 9.65. The summed E-state index contributed by atoms with van der Waals surface area (Å²) in [4.78, 5) is 0. The smallest absolute Gasteiger partial charge is 0.123 e. The minimum atomic E-state index is 0.440. The highest BCUT2D eigenvalue weighted by molar-refractivity contribution is 7.17. The Balaban J connectivity index is 1.82. The van der Waals surface area contributed by atoms with Gasteiger partial charge < -0.3 is 5.11 Å². The number of phenolic OH excluding ortho intramolecular Hbond substituents is 1. The number of hydrogen-bond donors (Lipinski definition) is 1. The Morgan fingerprint density at radius 3 is 2.54 bits per heavy atom. The molecule has 2 heteroatoms. The van der Waals surface area contributed by atoms with Gasteiger partial charge in [0.1, 0.15) is 5.75 Å². The largest absolute Gasteiger partial charge is 0.507 e. The van der Waals surface area contributed by atoms with Crippen molar-refractivity contribution in [3.05, 3.63) is 65.0 Å². The standard InChI is InChI=1S/C24H20OS/c25-21-13-20-16-7-2-1-5-14(16)15-6-3-4-8-17(15)23(20)24-18(21)9-10-22-19(24)11-12-26-22/h3-4,6,8-14,16,25H,1-2,5,7H2. The molecule has 0 bridgehead atoms. The molecule has 0 amide bonds. The van der Waals surface area contributed by atoms with Crippen LogP contribution in [0.1, 0.15) is 48.6 Å². The van der Waals surface area contributed by atoms with Crippen molar-refractivity contribution < 1.29 is 5.11 Å². The summed E-state index contributed by atoms with van der Waals surface area (Å²) < 4.78 is 1.30. The van der Waals surface area contributed by atoms with E-state index in [0.29, 0.717) is 17.6 Å². The second-order valence-electron chi connectivity index (χ2n) is 7.77. The molecule has 2 unspecified atom stereocenters. The third kappa shape index (κ3) is 1.86. The molecule has 128 valence electrons. The first-order valence-electron chi connectivity index (χ1n) is 9.58. The summed E-state index contributed by atoms with van der Waals surface area (Å²) in [6.45, 7) is 0. The molecule has 1 saturated carbocycles. The predicted molar refractivity (Wildman–Crippen MR) is 110 cm³/mol. The van der Waals surface area contributed by atoms with E-state index in [1.807, 2.05) is 0 Å². The first kappa shape index (κ1) is 14.8. The van der Waals surface area contributed by atoms with Crippen LogP contribution in [0.5, 0.6) is 5.75 Å². The van der Waals surface area contributed by atoms with Crippen molar-refractivity contribution in [1.29, 1.82) is 0 Å². The zero-order chi connectivity index (χ0) is 17.3. The molecule has 4 aromatic rings. The van der Waals surface area contributed by atoms with E-state index in [-0.39, 0.29) is 0 Å². The average Bonchev–Trinajstić information content (AvgIpc) is 3.17. The van der Waals surface area contributed by atoms with E-state index in [1.165, 1.54) is 63.4 Å². The van der Waals surface area contributed by atoms with E-state index in [1.54, 1.807) is 11.3 Å². The maximum absolute atomic E-state index is 10.9. The van der Waals surface area contributed by atoms with Crippen LogP contribution < -0.4 is 0 Å². The molecule has 0 radical (unpaired) electrons. The van der Waals surface area contributed by atoms with Crippen LogP contribution in [0.25, 0.3) is 32.0 Å². The van der Waals surface area contributed by atoms with Gasteiger partial charge in [-0.1, -0.05) is 37.1 Å². The Morgan fingerprint density at radius 1 is 0.846 bits per heavy atom. The Morgan fingerprint density at radius 2 is 1.65 bits per heavy atom. The summed E-state index contributed by atoms with van der Waals surface area (Å²) in [5.41, 5.74) is 5.65. The molecule has 1 nitrogen and oxygen atoms in total. The maximum atomic E-state index is 10.9. The Hall–Kier alpha value is -2.32. The van der Waals surface area contributed by atoms with E-state index in [2.05, 4.69) is 53.9 Å². The molecule has 2 aliphatic rings. The molecule has 1 fully saturated rings. The van der Waals surface area contributed by atoms with Gasteiger partial charge in [0, 0.05) is 20.9 Å². The molecule has 0 saturated heterocycles. The predicted octanol–water partition coefficient (Wildman–Crippen LogP) is 7.18. The van der Waals surface area contributed by atoms with Crippen LogP contribution in [0.15, 0.2) is 53.9 Å². The van der Waals surface area contributed by atoms with Crippen LogP contribution in [-0.4, -0.2) is 5.11 Å². The fourth-order valence-corrected chi connectivity index (χ4v) is 6.27. The van der Waals surface area contributed by atoms with Gasteiger partial charge in [-0.05, 0) is 76.6 Å². The van der Waals surface area contributed by atoms with Crippen LogP contribution in [0.2, 0.25) is 0 Å². The average molecular weight is 356 g/mol. The zero-order valence-corrected chi connectivity index (χ0v) is 15.4. The van der Waals surface area contributed by atoms with Gasteiger partial charge in [-0.2, -0.15) is 0 Å². The Labute approximate surface area is 156 Å². The number of thiophene rings is 1. The minimum Gasteiger partial charge on any atom is -0.507 e. The summed E-state index contributed by atoms with van der Waals surface area (Å²) >= 11 is 1.78. The molecule has 26 heavy (non-hydrogen) atoms. The molecule has 2 atom stereocenters. The molecule has 6 rings (SSSR count). The molecule has 0 spiro atoms. The summed E-state index contributed by atoms with van der Waals surface area (Å²) in [5, 5.41) is 16.5. The number of hydrogen-bond acceptors (Lipinski definition) is 2. The second kappa shape index (κ2) is 5.34. The number of rotatable bonds is 0. The molecule has 0 aliphatic heterocycles. The molecule has 1 aromatic heterocycles. The van der Waals surface area contributed by atoms with Crippen molar-refractivity contribution in [2.75, 3.05) is 0 Å². The molecular formula is C24H20OS. The second-order valence-corrected chi connectivity index (χ2v) is 8.71. The maximum Gasteiger partial charge on any atom is 0.123 e. The van der Waals surface area contributed by atoms with Gasteiger partial charge >= 0.3 is 0 Å². The van der Waals surface area contributed by atoms with Crippen LogP contribution in [0.4, 0.5) is 0 Å². The summed E-state index contributed by atoms with van der Waals surface area (Å²) in [5.74, 6) is 1.58. The molecule has 2 aliphatic carbocycles.